The second kappa shape index (κ2) is 15.6. The molecular weight excluding hydrogens is 492 g/mol. The van der Waals surface area contributed by atoms with E-state index in [1.54, 1.807) is 13.2 Å². The molecule has 6 heteroatoms. The van der Waals surface area contributed by atoms with E-state index in [1.165, 1.54) is 31.8 Å². The van der Waals surface area contributed by atoms with E-state index in [4.69, 9.17) is 23.7 Å². The van der Waals surface area contributed by atoms with Crippen molar-refractivity contribution in [3.05, 3.63) is 84.4 Å². The van der Waals surface area contributed by atoms with Crippen molar-refractivity contribution in [3.63, 3.8) is 0 Å². The standard InChI is InChI=1S/C33H38O6/c1-35-30-14-7-26(8-15-30)9-20-33(34)39-23-22-38-32-18-12-29(13-19-32)28-10-16-31(17-11-28)37-21-5-3-2-4-6-27-24-36-25-27/h7-20,27H,2-6,21-25H2,1H3/b20-9+. The van der Waals surface area contributed by atoms with Crippen molar-refractivity contribution in [3.8, 4) is 28.4 Å². The quantitative estimate of drug-likeness (QED) is 0.113. The third kappa shape index (κ3) is 9.80. The van der Waals surface area contributed by atoms with E-state index in [0.717, 1.165) is 66.1 Å². The van der Waals surface area contributed by atoms with Gasteiger partial charge in [-0.05, 0) is 72.0 Å². The van der Waals surface area contributed by atoms with Gasteiger partial charge in [0.25, 0.3) is 0 Å². The van der Waals surface area contributed by atoms with E-state index in [2.05, 4.69) is 12.1 Å². The van der Waals surface area contributed by atoms with Gasteiger partial charge in [-0.25, -0.2) is 4.79 Å². The Hall–Kier alpha value is -3.77. The van der Waals surface area contributed by atoms with E-state index in [9.17, 15) is 4.79 Å². The number of hydrogen-bond donors (Lipinski definition) is 0. The highest BCUT2D eigenvalue weighted by Crippen LogP contribution is 2.25. The van der Waals surface area contributed by atoms with E-state index < -0.39 is 5.97 Å². The molecule has 3 aromatic carbocycles. The molecule has 0 amide bonds. The number of rotatable bonds is 16. The van der Waals surface area contributed by atoms with Crippen LogP contribution in [0.5, 0.6) is 17.2 Å². The number of unbranched alkanes of at least 4 members (excludes halogenated alkanes) is 3. The molecule has 0 aliphatic carbocycles. The Morgan fingerprint density at radius 1 is 0.744 bits per heavy atom. The third-order valence-corrected chi connectivity index (χ3v) is 6.65. The second-order valence-corrected chi connectivity index (χ2v) is 9.63. The summed E-state index contributed by atoms with van der Waals surface area (Å²) in [5.74, 6) is 2.79. The van der Waals surface area contributed by atoms with Gasteiger partial charge in [0.05, 0.1) is 26.9 Å². The van der Waals surface area contributed by atoms with Crippen molar-refractivity contribution < 1.29 is 28.5 Å². The van der Waals surface area contributed by atoms with Gasteiger partial charge in [0.15, 0.2) is 0 Å². The van der Waals surface area contributed by atoms with Crippen molar-refractivity contribution in [1.29, 1.82) is 0 Å². The maximum absolute atomic E-state index is 11.9. The van der Waals surface area contributed by atoms with Gasteiger partial charge >= 0.3 is 5.97 Å². The molecule has 1 fully saturated rings. The molecule has 0 aromatic heterocycles. The molecular formula is C33H38O6. The molecule has 1 aliphatic heterocycles. The van der Waals surface area contributed by atoms with Crippen LogP contribution < -0.4 is 14.2 Å². The van der Waals surface area contributed by atoms with Crippen LogP contribution in [0.2, 0.25) is 0 Å². The fourth-order valence-corrected chi connectivity index (χ4v) is 4.25. The third-order valence-electron chi connectivity index (χ3n) is 6.65. The van der Waals surface area contributed by atoms with Crippen molar-refractivity contribution in [1.82, 2.24) is 0 Å². The van der Waals surface area contributed by atoms with E-state index in [0.29, 0.717) is 0 Å². The number of carbonyl (C=O) groups excluding carboxylic acids is 1. The summed E-state index contributed by atoms with van der Waals surface area (Å²) in [6.07, 6.45) is 9.27. The first-order valence-corrected chi connectivity index (χ1v) is 13.7. The van der Waals surface area contributed by atoms with Gasteiger partial charge in [-0.1, -0.05) is 55.7 Å². The van der Waals surface area contributed by atoms with Crippen LogP contribution in [0.25, 0.3) is 17.2 Å². The van der Waals surface area contributed by atoms with Gasteiger partial charge in [-0.3, -0.25) is 0 Å². The van der Waals surface area contributed by atoms with Crippen LogP contribution in [0.4, 0.5) is 0 Å². The minimum atomic E-state index is -0.410. The van der Waals surface area contributed by atoms with Crippen LogP contribution in [0.1, 0.15) is 37.7 Å². The van der Waals surface area contributed by atoms with Crippen LogP contribution in [0.3, 0.4) is 0 Å². The number of benzene rings is 3. The fraction of sp³-hybridized carbons (Fsp3) is 0.364. The normalized spacial score (nSPS) is 13.2. The van der Waals surface area contributed by atoms with E-state index in [-0.39, 0.29) is 13.2 Å². The average molecular weight is 531 g/mol. The number of methoxy groups -OCH3 is 1. The summed E-state index contributed by atoms with van der Waals surface area (Å²) in [5, 5.41) is 0. The van der Waals surface area contributed by atoms with E-state index in [1.807, 2.05) is 60.7 Å². The first-order chi connectivity index (χ1) is 19.2. The second-order valence-electron chi connectivity index (χ2n) is 9.63. The van der Waals surface area contributed by atoms with Crippen molar-refractivity contribution in [2.45, 2.75) is 32.1 Å². The summed E-state index contributed by atoms with van der Waals surface area (Å²) in [6, 6.07) is 23.5. The summed E-state index contributed by atoms with van der Waals surface area (Å²) in [4.78, 5) is 11.9. The zero-order valence-corrected chi connectivity index (χ0v) is 22.7. The molecule has 0 saturated carbocycles. The molecule has 39 heavy (non-hydrogen) atoms. The topological polar surface area (TPSA) is 63.2 Å². The van der Waals surface area contributed by atoms with Crippen LogP contribution in [0, 0.1) is 5.92 Å². The highest BCUT2D eigenvalue weighted by Gasteiger charge is 2.16. The fourth-order valence-electron chi connectivity index (χ4n) is 4.25. The summed E-state index contributed by atoms with van der Waals surface area (Å²) >= 11 is 0. The van der Waals surface area contributed by atoms with E-state index >= 15 is 0 Å². The smallest absolute Gasteiger partial charge is 0.330 e. The minimum Gasteiger partial charge on any atom is -0.497 e. The Morgan fingerprint density at radius 3 is 1.92 bits per heavy atom. The SMILES string of the molecule is COc1ccc(/C=C/C(=O)OCCOc2ccc(-c3ccc(OCCCCCCC4COC4)cc3)cc2)cc1. The highest BCUT2D eigenvalue weighted by atomic mass is 16.6. The summed E-state index contributed by atoms with van der Waals surface area (Å²) < 4.78 is 27.2. The van der Waals surface area contributed by atoms with Gasteiger partial charge in [-0.2, -0.15) is 0 Å². The minimum absolute atomic E-state index is 0.172. The Balaban J connectivity index is 1.09. The van der Waals surface area contributed by atoms with Crippen molar-refractivity contribution in [2.24, 2.45) is 5.92 Å². The molecule has 4 rings (SSSR count). The first kappa shape index (κ1) is 28.2. The lowest BCUT2D eigenvalue weighted by molar-refractivity contribution is -0.138. The number of ether oxygens (including phenoxy) is 5. The molecule has 0 bridgehead atoms. The molecule has 1 heterocycles. The molecule has 1 aliphatic rings. The lowest BCUT2D eigenvalue weighted by Crippen LogP contribution is -2.27. The summed E-state index contributed by atoms with van der Waals surface area (Å²) in [5.41, 5.74) is 3.11. The Kier molecular flexibility index (Phi) is 11.3. The first-order valence-electron chi connectivity index (χ1n) is 13.7. The van der Waals surface area contributed by atoms with Crippen LogP contribution in [-0.2, 0) is 14.3 Å². The maximum Gasteiger partial charge on any atom is 0.330 e. The van der Waals surface area contributed by atoms with Gasteiger partial charge in [-0.15, -0.1) is 0 Å². The van der Waals surface area contributed by atoms with Crippen molar-refractivity contribution >= 4 is 12.0 Å². The molecule has 1 saturated heterocycles. The predicted octanol–water partition coefficient (Wildman–Crippen LogP) is 6.97. The number of carbonyl (C=O) groups is 1. The van der Waals surface area contributed by atoms with Crippen LogP contribution >= 0.6 is 0 Å². The molecule has 0 unspecified atom stereocenters. The summed E-state index contributed by atoms with van der Waals surface area (Å²) in [7, 11) is 1.62. The lowest BCUT2D eigenvalue weighted by atomic mass is 9.99. The molecule has 6 nitrogen and oxygen atoms in total. The van der Waals surface area contributed by atoms with Gasteiger partial charge < -0.3 is 23.7 Å². The van der Waals surface area contributed by atoms with Gasteiger partial charge in [0.2, 0.25) is 0 Å². The zero-order chi connectivity index (χ0) is 27.1. The van der Waals surface area contributed by atoms with Crippen LogP contribution in [-0.4, -0.2) is 46.1 Å². The number of hydrogen-bond acceptors (Lipinski definition) is 6. The molecule has 206 valence electrons. The monoisotopic (exact) mass is 530 g/mol. The molecule has 0 radical (unpaired) electrons. The zero-order valence-electron chi connectivity index (χ0n) is 22.7. The van der Waals surface area contributed by atoms with Crippen molar-refractivity contribution in [2.75, 3.05) is 40.1 Å². The molecule has 0 spiro atoms. The van der Waals surface area contributed by atoms with Gasteiger partial charge in [0.1, 0.15) is 30.5 Å². The summed E-state index contributed by atoms with van der Waals surface area (Å²) in [6.45, 7) is 3.13. The molecule has 0 atom stereocenters. The largest absolute Gasteiger partial charge is 0.497 e. The Bertz CT molecular complexity index is 1150. The Morgan fingerprint density at radius 2 is 1.33 bits per heavy atom. The van der Waals surface area contributed by atoms with Gasteiger partial charge in [0, 0.05) is 12.0 Å². The lowest BCUT2D eigenvalue weighted by Gasteiger charge is -2.25. The van der Waals surface area contributed by atoms with Crippen LogP contribution in [0.15, 0.2) is 78.9 Å². The molecule has 0 N–H and O–H groups in total. The maximum atomic E-state index is 11.9. The predicted molar refractivity (Wildman–Crippen MR) is 153 cm³/mol. The average Bonchev–Trinajstić information content (AvgIpc) is 2.95. The highest BCUT2D eigenvalue weighted by molar-refractivity contribution is 5.87. The molecule has 3 aromatic rings. The Labute approximate surface area is 231 Å². The number of esters is 1.